The van der Waals surface area contributed by atoms with Crippen molar-refractivity contribution in [2.45, 2.75) is 51.0 Å². The van der Waals surface area contributed by atoms with E-state index in [1.807, 2.05) is 0 Å². The number of hydrogen-bond acceptors (Lipinski definition) is 3. The number of ether oxygens (including phenoxy) is 2. The minimum atomic E-state index is -0.195. The van der Waals surface area contributed by atoms with Crippen LogP contribution in [0.15, 0.2) is 12.1 Å². The molecular weight excluding hydrogens is 238 g/mol. The summed E-state index contributed by atoms with van der Waals surface area (Å²) in [4.78, 5) is 0. The fourth-order valence-corrected chi connectivity index (χ4v) is 3.08. The molecule has 1 fully saturated rings. The maximum atomic E-state index is 6.64. The first-order valence-corrected chi connectivity index (χ1v) is 7.07. The van der Waals surface area contributed by atoms with Crippen LogP contribution in [-0.4, -0.2) is 14.2 Å². The topological polar surface area (TPSA) is 44.5 Å². The molecule has 1 aromatic carbocycles. The molecule has 3 heteroatoms. The van der Waals surface area contributed by atoms with Gasteiger partial charge in [0.05, 0.1) is 14.2 Å². The van der Waals surface area contributed by atoms with E-state index in [2.05, 4.69) is 26.0 Å². The molecule has 19 heavy (non-hydrogen) atoms. The number of hydrogen-bond donors (Lipinski definition) is 1. The highest BCUT2D eigenvalue weighted by atomic mass is 16.5. The first kappa shape index (κ1) is 14.2. The Morgan fingerprint density at radius 2 is 1.58 bits per heavy atom. The Morgan fingerprint density at radius 1 is 1.05 bits per heavy atom. The quantitative estimate of drug-likeness (QED) is 0.903. The molecule has 0 heterocycles. The first-order chi connectivity index (χ1) is 9.01. The maximum Gasteiger partial charge on any atom is 0.161 e. The van der Waals surface area contributed by atoms with E-state index in [9.17, 15) is 0 Å². The normalized spacial score (nSPS) is 17.8. The summed E-state index contributed by atoms with van der Waals surface area (Å²) in [5.74, 6) is 1.99. The standard InChI is InChI=1S/C16H25NO2/c1-11(2)12-9-14(18-3)15(19-4)10-13(12)16(17)7-5-6-8-16/h9-11H,5-8,17H2,1-4H3. The largest absolute Gasteiger partial charge is 0.493 e. The van der Waals surface area contributed by atoms with E-state index in [0.717, 1.165) is 24.3 Å². The van der Waals surface area contributed by atoms with E-state index in [-0.39, 0.29) is 5.54 Å². The van der Waals surface area contributed by atoms with Gasteiger partial charge in [0.25, 0.3) is 0 Å². The van der Waals surface area contributed by atoms with Crippen molar-refractivity contribution in [1.29, 1.82) is 0 Å². The van der Waals surface area contributed by atoms with Crippen molar-refractivity contribution >= 4 is 0 Å². The van der Waals surface area contributed by atoms with Gasteiger partial charge in [-0.1, -0.05) is 26.7 Å². The van der Waals surface area contributed by atoms with Crippen LogP contribution in [0.3, 0.4) is 0 Å². The molecule has 0 amide bonds. The molecule has 0 unspecified atom stereocenters. The van der Waals surface area contributed by atoms with Gasteiger partial charge in [-0.3, -0.25) is 0 Å². The molecule has 0 spiro atoms. The summed E-state index contributed by atoms with van der Waals surface area (Å²) in [6.07, 6.45) is 4.54. The van der Waals surface area contributed by atoms with E-state index in [0.29, 0.717) is 5.92 Å². The van der Waals surface area contributed by atoms with Crippen LogP contribution in [0.4, 0.5) is 0 Å². The highest BCUT2D eigenvalue weighted by Gasteiger charge is 2.34. The molecule has 0 atom stereocenters. The molecular formula is C16H25NO2. The van der Waals surface area contributed by atoms with Crippen LogP contribution in [-0.2, 0) is 5.54 Å². The fraction of sp³-hybridized carbons (Fsp3) is 0.625. The van der Waals surface area contributed by atoms with Gasteiger partial charge >= 0.3 is 0 Å². The van der Waals surface area contributed by atoms with E-state index >= 15 is 0 Å². The predicted molar refractivity (Wildman–Crippen MR) is 78.0 cm³/mol. The molecule has 0 aliphatic heterocycles. The maximum absolute atomic E-state index is 6.64. The average Bonchev–Trinajstić information content (AvgIpc) is 2.85. The molecule has 1 aromatic rings. The Kier molecular flexibility index (Phi) is 4.04. The summed E-state index contributed by atoms with van der Waals surface area (Å²) in [5.41, 5.74) is 8.96. The second-order valence-electron chi connectivity index (χ2n) is 5.81. The van der Waals surface area contributed by atoms with Gasteiger partial charge in [-0.2, -0.15) is 0 Å². The van der Waals surface area contributed by atoms with E-state index < -0.39 is 0 Å². The highest BCUT2D eigenvalue weighted by Crippen LogP contribution is 2.43. The van der Waals surface area contributed by atoms with Gasteiger partial charge in [-0.25, -0.2) is 0 Å². The van der Waals surface area contributed by atoms with Crippen molar-refractivity contribution in [1.82, 2.24) is 0 Å². The third-order valence-corrected chi connectivity index (χ3v) is 4.21. The summed E-state index contributed by atoms with van der Waals surface area (Å²) in [6, 6.07) is 4.17. The number of nitrogens with two attached hydrogens (primary N) is 1. The van der Waals surface area contributed by atoms with Crippen molar-refractivity contribution in [3.05, 3.63) is 23.3 Å². The summed E-state index contributed by atoms with van der Waals surface area (Å²) >= 11 is 0. The lowest BCUT2D eigenvalue weighted by molar-refractivity contribution is 0.351. The molecule has 0 radical (unpaired) electrons. The molecule has 0 bridgehead atoms. The monoisotopic (exact) mass is 263 g/mol. The SMILES string of the molecule is COc1cc(C(C)C)c(C2(N)CCCC2)cc1OC. The molecule has 1 aliphatic carbocycles. The van der Waals surface area contributed by atoms with Crippen molar-refractivity contribution in [2.24, 2.45) is 5.73 Å². The Labute approximate surface area is 116 Å². The zero-order chi connectivity index (χ0) is 14.0. The average molecular weight is 263 g/mol. The molecule has 2 rings (SSSR count). The first-order valence-electron chi connectivity index (χ1n) is 7.07. The van der Waals surface area contributed by atoms with E-state index in [4.69, 9.17) is 15.2 Å². The Bertz CT molecular complexity index is 448. The lowest BCUT2D eigenvalue weighted by Gasteiger charge is -2.29. The lowest BCUT2D eigenvalue weighted by atomic mass is 9.82. The summed E-state index contributed by atoms with van der Waals surface area (Å²) in [6.45, 7) is 4.39. The van der Waals surface area contributed by atoms with Gasteiger partial charge in [0, 0.05) is 5.54 Å². The van der Waals surface area contributed by atoms with E-state index in [1.165, 1.54) is 24.0 Å². The van der Waals surface area contributed by atoms with Crippen LogP contribution in [0.5, 0.6) is 11.5 Å². The summed E-state index contributed by atoms with van der Waals surface area (Å²) < 4.78 is 10.8. The van der Waals surface area contributed by atoms with Crippen molar-refractivity contribution in [3.8, 4) is 11.5 Å². The van der Waals surface area contributed by atoms with Gasteiger partial charge in [-0.05, 0) is 42.0 Å². The molecule has 106 valence electrons. The van der Waals surface area contributed by atoms with Crippen LogP contribution >= 0.6 is 0 Å². The smallest absolute Gasteiger partial charge is 0.161 e. The Morgan fingerprint density at radius 3 is 2.05 bits per heavy atom. The number of rotatable bonds is 4. The van der Waals surface area contributed by atoms with Gasteiger partial charge in [0.1, 0.15) is 0 Å². The van der Waals surface area contributed by atoms with Crippen molar-refractivity contribution < 1.29 is 9.47 Å². The number of benzene rings is 1. The molecule has 1 aliphatic rings. The zero-order valence-electron chi connectivity index (χ0n) is 12.5. The predicted octanol–water partition coefficient (Wildman–Crippen LogP) is 3.56. The van der Waals surface area contributed by atoms with Crippen LogP contribution in [0.25, 0.3) is 0 Å². The van der Waals surface area contributed by atoms with Gasteiger partial charge in [0.2, 0.25) is 0 Å². The molecule has 0 aromatic heterocycles. The Hall–Kier alpha value is -1.22. The van der Waals surface area contributed by atoms with Crippen molar-refractivity contribution in [2.75, 3.05) is 14.2 Å². The third-order valence-electron chi connectivity index (χ3n) is 4.21. The second-order valence-corrected chi connectivity index (χ2v) is 5.81. The summed E-state index contributed by atoms with van der Waals surface area (Å²) in [7, 11) is 3.35. The second kappa shape index (κ2) is 5.41. The third kappa shape index (κ3) is 2.57. The zero-order valence-corrected chi connectivity index (χ0v) is 12.5. The lowest BCUT2D eigenvalue weighted by Crippen LogP contribution is -2.34. The van der Waals surface area contributed by atoms with Crippen LogP contribution in [0, 0.1) is 0 Å². The molecule has 1 saturated carbocycles. The fourth-order valence-electron chi connectivity index (χ4n) is 3.08. The minimum Gasteiger partial charge on any atom is -0.493 e. The van der Waals surface area contributed by atoms with Gasteiger partial charge in [0.15, 0.2) is 11.5 Å². The number of methoxy groups -OCH3 is 2. The van der Waals surface area contributed by atoms with Gasteiger partial charge in [-0.15, -0.1) is 0 Å². The van der Waals surface area contributed by atoms with Crippen molar-refractivity contribution in [3.63, 3.8) is 0 Å². The molecule has 3 nitrogen and oxygen atoms in total. The van der Waals surface area contributed by atoms with Crippen LogP contribution in [0.2, 0.25) is 0 Å². The Balaban J connectivity index is 2.57. The molecule has 0 saturated heterocycles. The highest BCUT2D eigenvalue weighted by molar-refractivity contribution is 5.51. The van der Waals surface area contributed by atoms with Crippen LogP contribution < -0.4 is 15.2 Å². The van der Waals surface area contributed by atoms with Crippen LogP contribution in [0.1, 0.15) is 56.6 Å². The molecule has 2 N–H and O–H groups in total. The van der Waals surface area contributed by atoms with Gasteiger partial charge < -0.3 is 15.2 Å². The van der Waals surface area contributed by atoms with E-state index in [1.54, 1.807) is 14.2 Å². The minimum absolute atomic E-state index is 0.195. The summed E-state index contributed by atoms with van der Waals surface area (Å²) in [5, 5.41) is 0.